The summed E-state index contributed by atoms with van der Waals surface area (Å²) in [5, 5.41) is 7.26. The fourth-order valence-electron chi connectivity index (χ4n) is 6.71. The normalized spacial score (nSPS) is 14.1. The van der Waals surface area contributed by atoms with E-state index in [1.165, 1.54) is 71.5 Å². The Bertz CT molecular complexity index is 2080. The second-order valence-corrected chi connectivity index (χ2v) is 16.0. The van der Waals surface area contributed by atoms with E-state index in [0.717, 1.165) is 5.69 Å². The van der Waals surface area contributed by atoms with Crippen LogP contribution in [0.1, 0.15) is 77.6 Å². The number of rotatable bonds is 3. The number of pyridine rings is 1. The molecule has 0 saturated carbocycles. The first-order valence-corrected chi connectivity index (χ1v) is 16.8. The third-order valence-electron chi connectivity index (χ3n) is 9.48. The second-order valence-electron chi connectivity index (χ2n) is 15.1. The smallest absolute Gasteiger partial charge is 0.0880 e. The van der Waals surface area contributed by atoms with Crippen molar-refractivity contribution < 1.29 is 0 Å². The lowest BCUT2D eigenvalue weighted by atomic mass is 9.73. The molecule has 1 aliphatic heterocycles. The maximum absolute atomic E-state index is 4.91. The summed E-state index contributed by atoms with van der Waals surface area (Å²) in [5.41, 5.74) is 14.7. The van der Waals surface area contributed by atoms with Crippen molar-refractivity contribution in [3.63, 3.8) is 0 Å². The van der Waals surface area contributed by atoms with Gasteiger partial charge in [-0.3, -0.25) is 4.98 Å². The van der Waals surface area contributed by atoms with Crippen LogP contribution >= 0.6 is 11.3 Å². The molecule has 0 saturated heterocycles. The average molecular weight is 607 g/mol. The fourth-order valence-corrected chi connectivity index (χ4v) is 7.62. The number of hydrogen-bond acceptors (Lipinski definition) is 3. The molecule has 45 heavy (non-hydrogen) atoms. The maximum Gasteiger partial charge on any atom is 0.0880 e. The van der Waals surface area contributed by atoms with Gasteiger partial charge in [0.2, 0.25) is 0 Å². The molecular weight excluding hydrogens is 565 g/mol. The van der Waals surface area contributed by atoms with E-state index in [0.29, 0.717) is 0 Å². The molecule has 0 amide bonds. The summed E-state index contributed by atoms with van der Waals surface area (Å²) in [6.45, 7) is 18.5. The van der Waals surface area contributed by atoms with Crippen molar-refractivity contribution in [2.45, 2.75) is 71.6 Å². The minimum Gasteiger partial charge on any atom is -0.355 e. The first-order valence-electron chi connectivity index (χ1n) is 16.0. The summed E-state index contributed by atoms with van der Waals surface area (Å²) >= 11 is 1.77. The van der Waals surface area contributed by atoms with E-state index in [1.54, 1.807) is 11.3 Å². The minimum absolute atomic E-state index is 0.0139. The van der Waals surface area contributed by atoms with Crippen molar-refractivity contribution in [2.24, 2.45) is 0 Å². The number of anilines is 2. The van der Waals surface area contributed by atoms with Gasteiger partial charge in [0, 0.05) is 28.4 Å². The van der Waals surface area contributed by atoms with Gasteiger partial charge in [0.15, 0.2) is 0 Å². The van der Waals surface area contributed by atoms with Gasteiger partial charge in [-0.05, 0) is 96.9 Å². The van der Waals surface area contributed by atoms with Crippen LogP contribution in [0.4, 0.5) is 11.4 Å². The Morgan fingerprint density at radius 3 is 1.98 bits per heavy atom. The molecule has 4 aromatic carbocycles. The lowest BCUT2D eigenvalue weighted by Crippen LogP contribution is -2.26. The van der Waals surface area contributed by atoms with Gasteiger partial charge >= 0.3 is 0 Å². The highest BCUT2D eigenvalue weighted by Gasteiger charge is 2.33. The molecule has 3 heteroatoms. The predicted octanol–water partition coefficient (Wildman–Crippen LogP) is 12.3. The van der Waals surface area contributed by atoms with Crippen LogP contribution < -0.4 is 5.32 Å². The van der Waals surface area contributed by atoms with Crippen LogP contribution in [0.5, 0.6) is 0 Å². The largest absolute Gasteiger partial charge is 0.355 e. The number of benzene rings is 4. The molecule has 7 rings (SSSR count). The van der Waals surface area contributed by atoms with Crippen LogP contribution in [-0.2, 0) is 16.2 Å². The summed E-state index contributed by atoms with van der Waals surface area (Å²) in [6.07, 6.45) is 1.94. The molecule has 6 aromatic rings. The lowest BCUT2D eigenvalue weighted by molar-refractivity contribution is 0.589. The Balaban J connectivity index is 1.46. The zero-order valence-electron chi connectivity index (χ0n) is 27.7. The highest BCUT2D eigenvalue weighted by molar-refractivity contribution is 7.17. The highest BCUT2D eigenvalue weighted by atomic mass is 32.1. The summed E-state index contributed by atoms with van der Waals surface area (Å²) < 4.78 is 1.24. The summed E-state index contributed by atoms with van der Waals surface area (Å²) in [5.74, 6) is 0. The van der Waals surface area contributed by atoms with Gasteiger partial charge in [-0.15, -0.1) is 11.3 Å². The Morgan fingerprint density at radius 2 is 1.27 bits per heavy atom. The topological polar surface area (TPSA) is 24.9 Å². The summed E-state index contributed by atoms with van der Waals surface area (Å²) in [4.78, 5) is 4.91. The van der Waals surface area contributed by atoms with E-state index in [-0.39, 0.29) is 16.2 Å². The van der Waals surface area contributed by atoms with E-state index in [2.05, 4.69) is 157 Å². The minimum atomic E-state index is -0.108. The van der Waals surface area contributed by atoms with Crippen molar-refractivity contribution in [3.05, 3.63) is 125 Å². The number of hydrogen-bond donors (Lipinski definition) is 1. The van der Waals surface area contributed by atoms with Crippen molar-refractivity contribution in [1.82, 2.24) is 4.98 Å². The van der Waals surface area contributed by atoms with Gasteiger partial charge in [0.05, 0.1) is 16.1 Å². The zero-order valence-corrected chi connectivity index (χ0v) is 28.5. The molecule has 0 radical (unpaired) electrons. The SMILES string of the molecule is CC(C)(C)c1cc(-c2cc(-c3nccc4ccsc34)cc(C(C)(C)C)c2)cc(-c2cccc3c2Nc2ccccc2C3(C)C)c1. The summed E-state index contributed by atoms with van der Waals surface area (Å²) in [7, 11) is 0. The number of para-hydroxylation sites is 2. The van der Waals surface area contributed by atoms with Crippen LogP contribution in [0.2, 0.25) is 0 Å². The fraction of sp³-hybridized carbons (Fsp3) is 0.262. The zero-order chi connectivity index (χ0) is 31.7. The van der Waals surface area contributed by atoms with Crippen LogP contribution in [-0.4, -0.2) is 4.98 Å². The molecule has 3 heterocycles. The lowest BCUT2D eigenvalue weighted by Gasteiger charge is -2.37. The number of thiophene rings is 1. The third kappa shape index (κ3) is 5.17. The molecule has 0 fully saturated rings. The van der Waals surface area contributed by atoms with Crippen LogP contribution in [0, 0.1) is 0 Å². The molecule has 2 nitrogen and oxygen atoms in total. The Hall–Kier alpha value is -4.21. The first-order chi connectivity index (χ1) is 21.3. The Morgan fingerprint density at radius 1 is 0.644 bits per heavy atom. The Labute approximate surface area is 272 Å². The third-order valence-corrected chi connectivity index (χ3v) is 10.4. The van der Waals surface area contributed by atoms with Gasteiger partial charge in [-0.2, -0.15) is 0 Å². The van der Waals surface area contributed by atoms with Gasteiger partial charge < -0.3 is 5.32 Å². The number of nitrogens with zero attached hydrogens (tertiary/aromatic N) is 1. The van der Waals surface area contributed by atoms with Gasteiger partial charge in [-0.1, -0.05) is 110 Å². The molecule has 0 unspecified atom stereocenters. The van der Waals surface area contributed by atoms with E-state index in [9.17, 15) is 0 Å². The molecule has 2 aromatic heterocycles. The second kappa shape index (κ2) is 10.4. The van der Waals surface area contributed by atoms with Crippen molar-refractivity contribution >= 4 is 32.8 Å². The monoisotopic (exact) mass is 606 g/mol. The maximum atomic E-state index is 4.91. The molecule has 1 aliphatic rings. The molecule has 0 atom stereocenters. The van der Waals surface area contributed by atoms with E-state index < -0.39 is 0 Å². The van der Waals surface area contributed by atoms with Crippen molar-refractivity contribution in [2.75, 3.05) is 5.32 Å². The standard InChI is InChI=1S/C42H42N2S/c1-40(2,3)31-22-27(28-21-30(25-32(23-28)41(4,5)6)37-39-26(16-18-43-37)17-19-45-39)20-29(24-31)33-12-11-14-35-38(33)44-36-15-10-9-13-34(36)42(35,7)8/h9-25,44H,1-8H3. The summed E-state index contributed by atoms with van der Waals surface area (Å²) in [6, 6.07) is 34.1. The van der Waals surface area contributed by atoms with Crippen molar-refractivity contribution in [1.29, 1.82) is 0 Å². The van der Waals surface area contributed by atoms with Gasteiger partial charge in [0.1, 0.15) is 0 Å². The molecule has 0 bridgehead atoms. The predicted molar refractivity (Wildman–Crippen MR) is 195 cm³/mol. The molecule has 0 aliphatic carbocycles. The van der Waals surface area contributed by atoms with Crippen molar-refractivity contribution in [3.8, 4) is 33.5 Å². The van der Waals surface area contributed by atoms with E-state index in [1.807, 2.05) is 6.20 Å². The number of nitrogens with one attached hydrogen (secondary N) is 1. The average Bonchev–Trinajstić information content (AvgIpc) is 3.49. The van der Waals surface area contributed by atoms with E-state index >= 15 is 0 Å². The highest BCUT2D eigenvalue weighted by Crippen LogP contribution is 2.49. The molecule has 1 N–H and O–H groups in total. The number of aromatic nitrogens is 1. The van der Waals surface area contributed by atoms with E-state index in [4.69, 9.17) is 4.98 Å². The van der Waals surface area contributed by atoms with Crippen LogP contribution in [0.3, 0.4) is 0 Å². The molecule has 0 spiro atoms. The van der Waals surface area contributed by atoms with Gasteiger partial charge in [-0.25, -0.2) is 0 Å². The molecule has 226 valence electrons. The first kappa shape index (κ1) is 29.5. The van der Waals surface area contributed by atoms with Gasteiger partial charge in [0.25, 0.3) is 0 Å². The van der Waals surface area contributed by atoms with Crippen LogP contribution in [0.25, 0.3) is 43.6 Å². The van der Waals surface area contributed by atoms with Crippen LogP contribution in [0.15, 0.2) is 103 Å². The quantitative estimate of drug-likeness (QED) is 0.217. The number of fused-ring (bicyclic) bond motifs is 3. The molecular formula is C42H42N2S. The Kier molecular flexibility index (Phi) is 6.83.